The summed E-state index contributed by atoms with van der Waals surface area (Å²) in [5.41, 5.74) is 0.373. The van der Waals surface area contributed by atoms with E-state index in [0.717, 1.165) is 16.8 Å². The standard InChI is InChI=1S/C28H27BrF3N5O6/c1-42-26-24(36-11-19(34-35-36)14-7-17(30)23(32)18(31)8-14)25(40)22(12-38)43-27(26)28(41)37(20-3-2-4-21(20)39)16-6-13(10-33)5-15(29)9-16/h5-9,11,20-22,24-27,38-40H,2-4,12H2,1H3/t20-,21-,22?,24?,25?,26?,27?/m1/s1. The van der Waals surface area contributed by atoms with E-state index >= 15 is 0 Å². The molecule has 0 radical (unpaired) electrons. The Bertz CT molecular complexity index is 1530. The lowest BCUT2D eigenvalue weighted by molar-refractivity contribution is -0.211. The summed E-state index contributed by atoms with van der Waals surface area (Å²) in [6.45, 7) is -0.699. The summed E-state index contributed by atoms with van der Waals surface area (Å²) < 4.78 is 54.5. The normalized spacial score (nSPS) is 27.2. The highest BCUT2D eigenvalue weighted by molar-refractivity contribution is 9.10. The number of carbonyl (C=O) groups excluding carboxylic acids is 1. The molecule has 5 rings (SSSR count). The van der Waals surface area contributed by atoms with Crippen molar-refractivity contribution in [1.29, 1.82) is 5.26 Å². The number of ether oxygens (including phenoxy) is 2. The Morgan fingerprint density at radius 2 is 1.93 bits per heavy atom. The summed E-state index contributed by atoms with van der Waals surface area (Å²) in [5, 5.41) is 49.5. The third-order valence-corrected chi connectivity index (χ3v) is 8.24. The predicted octanol–water partition coefficient (Wildman–Crippen LogP) is 2.62. The second-order valence-electron chi connectivity index (χ2n) is 10.4. The molecule has 1 aliphatic heterocycles. The number of hydrogen-bond donors (Lipinski definition) is 3. The van der Waals surface area contributed by atoms with Gasteiger partial charge in [0, 0.05) is 22.8 Å². The van der Waals surface area contributed by atoms with E-state index in [1.165, 1.54) is 24.3 Å². The molecule has 2 aliphatic rings. The van der Waals surface area contributed by atoms with Crippen LogP contribution in [0.2, 0.25) is 0 Å². The number of methoxy groups -OCH3 is 1. The highest BCUT2D eigenvalue weighted by Crippen LogP contribution is 2.37. The first-order valence-corrected chi connectivity index (χ1v) is 14.1. The molecular formula is C28H27BrF3N5O6. The summed E-state index contributed by atoms with van der Waals surface area (Å²) in [4.78, 5) is 15.7. The van der Waals surface area contributed by atoms with Crippen LogP contribution in [0.15, 0.2) is 41.0 Å². The number of aliphatic hydroxyl groups excluding tert-OH is 3. The maximum Gasteiger partial charge on any atom is 0.259 e. The van der Waals surface area contributed by atoms with Gasteiger partial charge in [-0.2, -0.15) is 5.26 Å². The minimum atomic E-state index is -1.65. The fourth-order valence-electron chi connectivity index (χ4n) is 5.74. The van der Waals surface area contributed by atoms with Crippen LogP contribution >= 0.6 is 15.9 Å². The summed E-state index contributed by atoms with van der Waals surface area (Å²) in [7, 11) is 1.28. The van der Waals surface area contributed by atoms with Gasteiger partial charge in [-0.05, 0) is 49.6 Å². The number of nitrogens with zero attached hydrogens (tertiary/aromatic N) is 5. The van der Waals surface area contributed by atoms with Crippen molar-refractivity contribution in [2.45, 2.75) is 61.9 Å². The van der Waals surface area contributed by atoms with E-state index in [4.69, 9.17) is 9.47 Å². The van der Waals surface area contributed by atoms with Gasteiger partial charge in [0.25, 0.3) is 5.91 Å². The lowest BCUT2D eigenvalue weighted by atomic mass is 9.91. The summed E-state index contributed by atoms with van der Waals surface area (Å²) in [5.74, 6) is -5.18. The number of carbonyl (C=O) groups is 1. The number of aliphatic hydroxyl groups is 3. The van der Waals surface area contributed by atoms with Crippen molar-refractivity contribution in [2.24, 2.45) is 0 Å². The van der Waals surface area contributed by atoms with Crippen molar-refractivity contribution in [3.8, 4) is 17.3 Å². The Labute approximate surface area is 252 Å². The number of hydrogen-bond acceptors (Lipinski definition) is 9. The molecule has 0 spiro atoms. The topological polar surface area (TPSA) is 154 Å². The van der Waals surface area contributed by atoms with Crippen molar-refractivity contribution in [1.82, 2.24) is 15.0 Å². The molecule has 1 aromatic heterocycles. The number of benzene rings is 2. The predicted molar refractivity (Wildman–Crippen MR) is 147 cm³/mol. The van der Waals surface area contributed by atoms with Crippen LogP contribution in [0, 0.1) is 28.8 Å². The van der Waals surface area contributed by atoms with E-state index in [0.29, 0.717) is 29.4 Å². The van der Waals surface area contributed by atoms with Crippen molar-refractivity contribution >= 4 is 27.5 Å². The van der Waals surface area contributed by atoms with E-state index < -0.39 is 72.6 Å². The number of nitriles is 1. The average Bonchev–Trinajstić information content (AvgIpc) is 3.64. The monoisotopic (exact) mass is 665 g/mol. The molecule has 1 saturated carbocycles. The van der Waals surface area contributed by atoms with Crippen molar-refractivity contribution < 1.29 is 42.8 Å². The first-order valence-electron chi connectivity index (χ1n) is 13.3. The minimum Gasteiger partial charge on any atom is -0.394 e. The van der Waals surface area contributed by atoms with E-state index in [1.54, 1.807) is 12.1 Å². The Balaban J connectivity index is 1.55. The Hall–Kier alpha value is -3.39. The number of halogens is 4. The summed E-state index contributed by atoms with van der Waals surface area (Å²) in [6, 6.07) is 6.33. The molecule has 228 valence electrons. The van der Waals surface area contributed by atoms with Crippen LogP contribution in [0.25, 0.3) is 11.3 Å². The molecule has 3 N–H and O–H groups in total. The van der Waals surface area contributed by atoms with E-state index in [1.807, 2.05) is 6.07 Å². The third-order valence-electron chi connectivity index (χ3n) is 7.78. The molecule has 2 heterocycles. The highest BCUT2D eigenvalue weighted by atomic mass is 79.9. The zero-order chi connectivity index (χ0) is 31.0. The van der Waals surface area contributed by atoms with Crippen molar-refractivity contribution in [3.05, 3.63) is 64.0 Å². The van der Waals surface area contributed by atoms with Crippen molar-refractivity contribution in [3.63, 3.8) is 0 Å². The van der Waals surface area contributed by atoms with Crippen LogP contribution in [-0.4, -0.2) is 86.5 Å². The van der Waals surface area contributed by atoms with Crippen LogP contribution in [0.4, 0.5) is 18.9 Å². The van der Waals surface area contributed by atoms with Gasteiger partial charge in [0.1, 0.15) is 30.0 Å². The van der Waals surface area contributed by atoms with Crippen molar-refractivity contribution in [2.75, 3.05) is 18.6 Å². The zero-order valence-electron chi connectivity index (χ0n) is 22.6. The fourth-order valence-corrected chi connectivity index (χ4v) is 6.22. The molecule has 0 bridgehead atoms. The molecule has 3 aromatic rings. The zero-order valence-corrected chi connectivity index (χ0v) is 24.2. The van der Waals surface area contributed by atoms with Gasteiger partial charge < -0.3 is 29.7 Å². The average molecular weight is 666 g/mol. The van der Waals surface area contributed by atoms with E-state index in [9.17, 15) is 38.5 Å². The molecular weight excluding hydrogens is 639 g/mol. The molecule has 2 aromatic carbocycles. The molecule has 1 saturated heterocycles. The SMILES string of the molecule is COC1C(C(=O)N(c2cc(Br)cc(C#N)c2)[C@@H]2CCC[C@H]2O)OC(CO)C(O)C1n1cc(-c2cc(F)c(F)c(F)c2)nn1. The number of amides is 1. The lowest BCUT2D eigenvalue weighted by Gasteiger charge is -2.45. The molecule has 1 aliphatic carbocycles. The second-order valence-corrected chi connectivity index (χ2v) is 11.3. The summed E-state index contributed by atoms with van der Waals surface area (Å²) in [6.07, 6.45) is -3.59. The number of rotatable bonds is 7. The molecule has 5 unspecified atom stereocenters. The van der Waals surface area contributed by atoms with Crippen LogP contribution < -0.4 is 4.90 Å². The number of anilines is 1. The van der Waals surface area contributed by atoms with E-state index in [-0.39, 0.29) is 16.8 Å². The molecule has 2 fully saturated rings. The Kier molecular flexibility index (Phi) is 9.16. The van der Waals surface area contributed by atoms with Gasteiger partial charge in [-0.1, -0.05) is 21.1 Å². The van der Waals surface area contributed by atoms with Gasteiger partial charge in [-0.3, -0.25) is 4.79 Å². The van der Waals surface area contributed by atoms with Gasteiger partial charge in [0.2, 0.25) is 0 Å². The Morgan fingerprint density at radius 3 is 2.53 bits per heavy atom. The van der Waals surface area contributed by atoms with Crippen LogP contribution in [-0.2, 0) is 14.3 Å². The smallest absolute Gasteiger partial charge is 0.259 e. The lowest BCUT2D eigenvalue weighted by Crippen LogP contribution is -2.62. The molecule has 15 heteroatoms. The van der Waals surface area contributed by atoms with Gasteiger partial charge in [-0.15, -0.1) is 5.10 Å². The first-order chi connectivity index (χ1) is 20.6. The largest absolute Gasteiger partial charge is 0.394 e. The number of aromatic nitrogens is 3. The Morgan fingerprint density at radius 1 is 1.21 bits per heavy atom. The fraction of sp³-hybridized carbons (Fsp3) is 0.429. The first kappa shape index (κ1) is 31.0. The molecule has 7 atom stereocenters. The van der Waals surface area contributed by atoms with Gasteiger partial charge in [0.15, 0.2) is 23.6 Å². The molecule has 43 heavy (non-hydrogen) atoms. The van der Waals surface area contributed by atoms with E-state index in [2.05, 4.69) is 26.2 Å². The highest BCUT2D eigenvalue weighted by Gasteiger charge is 2.52. The second kappa shape index (κ2) is 12.7. The molecule has 11 nitrogen and oxygen atoms in total. The maximum atomic E-state index is 14.4. The van der Waals surface area contributed by atoms with Crippen LogP contribution in [0.5, 0.6) is 0 Å². The van der Waals surface area contributed by atoms with Crippen LogP contribution in [0.3, 0.4) is 0 Å². The van der Waals surface area contributed by atoms with Crippen LogP contribution in [0.1, 0.15) is 30.9 Å². The minimum absolute atomic E-state index is 0.0661. The third kappa shape index (κ3) is 5.91. The summed E-state index contributed by atoms with van der Waals surface area (Å²) >= 11 is 3.36. The maximum absolute atomic E-state index is 14.4. The molecule has 1 amide bonds. The van der Waals surface area contributed by atoms with Gasteiger partial charge in [0.05, 0.1) is 36.6 Å². The van der Waals surface area contributed by atoms with Gasteiger partial charge >= 0.3 is 0 Å². The van der Waals surface area contributed by atoms with Gasteiger partial charge in [-0.25, -0.2) is 17.9 Å². The quantitative estimate of drug-likeness (QED) is 0.323.